The van der Waals surface area contributed by atoms with E-state index in [1.807, 2.05) is 13.8 Å². The number of hydrogen-bond acceptors (Lipinski definition) is 5. The third-order valence-corrected chi connectivity index (χ3v) is 3.32. The average Bonchev–Trinajstić information content (AvgIpc) is 2.36. The van der Waals surface area contributed by atoms with Crippen LogP contribution >= 0.6 is 7.60 Å². The lowest BCUT2D eigenvalue weighted by Crippen LogP contribution is -2.23. The molecule has 0 aromatic rings. The molecule has 0 radical (unpaired) electrons. The van der Waals surface area contributed by atoms with E-state index in [4.69, 9.17) is 19.3 Å². The minimum atomic E-state index is -4.34. The van der Waals surface area contributed by atoms with Crippen molar-refractivity contribution in [1.82, 2.24) is 0 Å². The van der Waals surface area contributed by atoms with Gasteiger partial charge >= 0.3 is 19.5 Å². The summed E-state index contributed by atoms with van der Waals surface area (Å²) in [4.78, 5) is 40.9. The van der Waals surface area contributed by atoms with Gasteiger partial charge in [0.2, 0.25) is 0 Å². The molecule has 0 saturated heterocycles. The van der Waals surface area contributed by atoms with E-state index in [1.165, 1.54) is 0 Å². The van der Waals surface area contributed by atoms with Crippen LogP contribution in [0.4, 0.5) is 0 Å². The Labute approximate surface area is 118 Å². The topological polar surface area (TPSA) is 110 Å². The van der Waals surface area contributed by atoms with Crippen molar-refractivity contribution in [2.75, 3.05) is 19.4 Å². The number of carbonyl (C=O) groups is 2. The molecule has 0 aliphatic carbocycles. The molecule has 0 spiro atoms. The average molecular weight is 310 g/mol. The zero-order valence-corrected chi connectivity index (χ0v) is 12.8. The monoisotopic (exact) mass is 310 g/mol. The summed E-state index contributed by atoms with van der Waals surface area (Å²) in [6, 6.07) is 0. The first-order valence-electron chi connectivity index (χ1n) is 6.67. The molecule has 2 N–H and O–H groups in total. The van der Waals surface area contributed by atoms with Crippen LogP contribution in [0.15, 0.2) is 0 Å². The van der Waals surface area contributed by atoms with Crippen molar-refractivity contribution in [3.63, 3.8) is 0 Å². The molecule has 0 aliphatic rings. The fourth-order valence-corrected chi connectivity index (χ4v) is 2.38. The molecule has 0 saturated carbocycles. The maximum atomic E-state index is 11.7. The predicted molar refractivity (Wildman–Crippen MR) is 72.1 cm³/mol. The zero-order chi connectivity index (χ0) is 15.6. The summed E-state index contributed by atoms with van der Waals surface area (Å²) in [7, 11) is -4.34. The number of rotatable bonds is 10. The van der Waals surface area contributed by atoms with Crippen LogP contribution in [0.1, 0.15) is 39.5 Å². The zero-order valence-electron chi connectivity index (χ0n) is 11.9. The maximum Gasteiger partial charge on any atom is 0.326 e. The van der Waals surface area contributed by atoms with Crippen molar-refractivity contribution in [2.24, 2.45) is 5.92 Å². The Kier molecular flexibility index (Phi) is 9.46. The van der Waals surface area contributed by atoms with Gasteiger partial charge in [-0.25, -0.2) is 0 Å². The summed E-state index contributed by atoms with van der Waals surface area (Å²) in [6.45, 7) is 4.15. The smallest absolute Gasteiger partial charge is 0.326 e. The molecule has 0 fully saturated rings. The van der Waals surface area contributed by atoms with Crippen molar-refractivity contribution >= 4 is 19.5 Å². The minimum Gasteiger partial charge on any atom is -0.466 e. The van der Waals surface area contributed by atoms with Crippen LogP contribution < -0.4 is 0 Å². The second kappa shape index (κ2) is 9.91. The Hall–Kier alpha value is -0.910. The van der Waals surface area contributed by atoms with Crippen LogP contribution in [-0.2, 0) is 23.6 Å². The first-order chi connectivity index (χ1) is 9.30. The fourth-order valence-electron chi connectivity index (χ4n) is 1.47. The molecule has 0 rings (SSSR count). The quantitative estimate of drug-likeness (QED) is 0.464. The second-order valence-corrected chi connectivity index (χ2v) is 6.17. The Morgan fingerprint density at radius 1 is 1.10 bits per heavy atom. The standard InChI is InChI=1S/C12H23O7P/c1-3-7-18-11(13)6-5-10(9-20(15,16)17)12(14)19-8-4-2/h10H,3-9H2,1-2H3,(H2,15,16,17). The van der Waals surface area contributed by atoms with Crippen LogP contribution in [0.5, 0.6) is 0 Å². The summed E-state index contributed by atoms with van der Waals surface area (Å²) in [6.07, 6.45) is 0.641. The predicted octanol–water partition coefficient (Wildman–Crippen LogP) is 1.47. The van der Waals surface area contributed by atoms with Gasteiger partial charge in [0.05, 0.1) is 25.3 Å². The van der Waals surface area contributed by atoms with Gasteiger partial charge in [-0.15, -0.1) is 0 Å². The van der Waals surface area contributed by atoms with Gasteiger partial charge < -0.3 is 19.3 Å². The summed E-state index contributed by atoms with van der Waals surface area (Å²) in [5.41, 5.74) is 0. The SMILES string of the molecule is CCCOC(=O)CCC(CP(=O)(O)O)C(=O)OCCC. The van der Waals surface area contributed by atoms with Crippen LogP contribution in [0.2, 0.25) is 0 Å². The van der Waals surface area contributed by atoms with E-state index < -0.39 is 31.6 Å². The Balaban J connectivity index is 4.41. The third kappa shape index (κ3) is 9.95. The molecule has 0 aromatic heterocycles. The highest BCUT2D eigenvalue weighted by molar-refractivity contribution is 7.51. The summed E-state index contributed by atoms with van der Waals surface area (Å²) >= 11 is 0. The summed E-state index contributed by atoms with van der Waals surface area (Å²) < 4.78 is 20.7. The molecular formula is C12H23O7P. The molecule has 1 atom stereocenters. The molecule has 0 amide bonds. The Bertz CT molecular complexity index is 350. The molecule has 7 nitrogen and oxygen atoms in total. The normalized spacial score (nSPS) is 12.8. The molecule has 8 heteroatoms. The van der Waals surface area contributed by atoms with Gasteiger partial charge in [0.25, 0.3) is 0 Å². The van der Waals surface area contributed by atoms with Crippen LogP contribution in [-0.4, -0.2) is 41.1 Å². The first-order valence-corrected chi connectivity index (χ1v) is 8.46. The van der Waals surface area contributed by atoms with E-state index in [0.717, 1.165) is 0 Å². The minimum absolute atomic E-state index is 0.0101. The van der Waals surface area contributed by atoms with Crippen LogP contribution in [0.25, 0.3) is 0 Å². The van der Waals surface area contributed by atoms with Crippen molar-refractivity contribution < 1.29 is 33.4 Å². The van der Waals surface area contributed by atoms with Crippen molar-refractivity contribution in [2.45, 2.75) is 39.5 Å². The van der Waals surface area contributed by atoms with Crippen LogP contribution in [0, 0.1) is 5.92 Å². The van der Waals surface area contributed by atoms with E-state index in [0.29, 0.717) is 19.4 Å². The molecule has 118 valence electrons. The molecule has 1 unspecified atom stereocenters. The molecule has 0 aromatic carbocycles. The van der Waals surface area contributed by atoms with Crippen LogP contribution in [0.3, 0.4) is 0 Å². The van der Waals surface area contributed by atoms with Gasteiger partial charge in [0.15, 0.2) is 0 Å². The maximum absolute atomic E-state index is 11.7. The third-order valence-electron chi connectivity index (χ3n) is 2.40. The summed E-state index contributed by atoms with van der Waals surface area (Å²) in [5, 5.41) is 0. The van der Waals surface area contributed by atoms with Gasteiger partial charge in [0, 0.05) is 6.42 Å². The largest absolute Gasteiger partial charge is 0.466 e. The van der Waals surface area contributed by atoms with Gasteiger partial charge in [-0.1, -0.05) is 13.8 Å². The highest BCUT2D eigenvalue weighted by atomic mass is 31.2. The van der Waals surface area contributed by atoms with E-state index in [9.17, 15) is 14.2 Å². The van der Waals surface area contributed by atoms with Gasteiger partial charge in [0.1, 0.15) is 0 Å². The molecule has 0 heterocycles. The van der Waals surface area contributed by atoms with Gasteiger partial charge in [-0.05, 0) is 19.3 Å². The van der Waals surface area contributed by atoms with E-state index in [1.54, 1.807) is 0 Å². The van der Waals surface area contributed by atoms with Crippen molar-refractivity contribution in [3.8, 4) is 0 Å². The highest BCUT2D eigenvalue weighted by Gasteiger charge is 2.29. The molecule has 0 aliphatic heterocycles. The Morgan fingerprint density at radius 3 is 2.15 bits per heavy atom. The lowest BCUT2D eigenvalue weighted by Gasteiger charge is -2.16. The van der Waals surface area contributed by atoms with Gasteiger partial charge in [-0.3, -0.25) is 14.2 Å². The molecule has 20 heavy (non-hydrogen) atoms. The Morgan fingerprint density at radius 2 is 1.65 bits per heavy atom. The molecular weight excluding hydrogens is 287 g/mol. The lowest BCUT2D eigenvalue weighted by molar-refractivity contribution is -0.149. The fraction of sp³-hybridized carbons (Fsp3) is 0.833. The second-order valence-electron chi connectivity index (χ2n) is 4.47. The van der Waals surface area contributed by atoms with Crippen molar-refractivity contribution in [1.29, 1.82) is 0 Å². The lowest BCUT2D eigenvalue weighted by atomic mass is 10.1. The highest BCUT2D eigenvalue weighted by Crippen LogP contribution is 2.38. The van der Waals surface area contributed by atoms with E-state index in [-0.39, 0.29) is 19.4 Å². The number of esters is 2. The number of hydrogen-bond donors (Lipinski definition) is 2. The van der Waals surface area contributed by atoms with Crippen molar-refractivity contribution in [3.05, 3.63) is 0 Å². The summed E-state index contributed by atoms with van der Waals surface area (Å²) in [5.74, 6) is -2.15. The number of ether oxygens (including phenoxy) is 2. The first kappa shape index (κ1) is 19.1. The van der Waals surface area contributed by atoms with E-state index >= 15 is 0 Å². The van der Waals surface area contributed by atoms with E-state index in [2.05, 4.69) is 0 Å². The number of carbonyl (C=O) groups excluding carboxylic acids is 2. The van der Waals surface area contributed by atoms with Gasteiger partial charge in [-0.2, -0.15) is 0 Å². The molecule has 0 bridgehead atoms.